The molecule has 0 saturated heterocycles. The van der Waals surface area contributed by atoms with Crippen LogP contribution in [0.25, 0.3) is 0 Å². The molecule has 1 atom stereocenters. The number of carbonyl (C=O) groups is 1. The van der Waals surface area contributed by atoms with Crippen molar-refractivity contribution in [1.29, 1.82) is 0 Å². The quantitative estimate of drug-likeness (QED) is 0.844. The molecule has 3 N–H and O–H groups in total. The molecule has 0 heterocycles. The average molecular weight is 327 g/mol. The lowest BCUT2D eigenvalue weighted by Crippen LogP contribution is -2.39. The summed E-state index contributed by atoms with van der Waals surface area (Å²) in [6.07, 6.45) is -5.22. The number of ether oxygens (including phenoxy) is 1. The van der Waals surface area contributed by atoms with Crippen molar-refractivity contribution in [3.63, 3.8) is 0 Å². The standard InChI is InChI=1S/C13H17F3N2O2.ClH/c1-20-8-11(17)12(19)18-10-4-2-3-9(7-10)5-6-13(14,15)16;/h2-4,7,11H,5-6,8,17H2,1H3,(H,18,19);1H. The lowest BCUT2D eigenvalue weighted by molar-refractivity contribution is -0.134. The van der Waals surface area contributed by atoms with Crippen LogP contribution in [-0.2, 0) is 16.0 Å². The zero-order valence-corrected chi connectivity index (χ0v) is 12.3. The second kappa shape index (κ2) is 8.86. The number of nitrogens with two attached hydrogens (primary N) is 1. The van der Waals surface area contributed by atoms with Gasteiger partial charge < -0.3 is 15.8 Å². The van der Waals surface area contributed by atoms with Crippen LogP contribution < -0.4 is 11.1 Å². The molecule has 1 amide bonds. The van der Waals surface area contributed by atoms with Gasteiger partial charge in [-0.3, -0.25) is 4.79 Å². The van der Waals surface area contributed by atoms with Crippen molar-refractivity contribution in [2.24, 2.45) is 5.73 Å². The molecule has 120 valence electrons. The Kier molecular flexibility index (Phi) is 8.31. The molecular formula is C13H18ClF3N2O2. The van der Waals surface area contributed by atoms with E-state index in [9.17, 15) is 18.0 Å². The Morgan fingerprint density at radius 3 is 2.67 bits per heavy atom. The second-order valence-corrected chi connectivity index (χ2v) is 4.37. The Balaban J connectivity index is 0.00000400. The summed E-state index contributed by atoms with van der Waals surface area (Å²) in [5.74, 6) is -0.445. The number of methoxy groups -OCH3 is 1. The van der Waals surface area contributed by atoms with Crippen molar-refractivity contribution < 1.29 is 22.7 Å². The van der Waals surface area contributed by atoms with Crippen LogP contribution in [0.1, 0.15) is 12.0 Å². The summed E-state index contributed by atoms with van der Waals surface area (Å²) in [6.45, 7) is 0.0690. The molecule has 0 bridgehead atoms. The van der Waals surface area contributed by atoms with Gasteiger partial charge in [-0.25, -0.2) is 0 Å². The van der Waals surface area contributed by atoms with Crippen LogP contribution >= 0.6 is 12.4 Å². The number of alkyl halides is 3. The van der Waals surface area contributed by atoms with E-state index in [2.05, 4.69) is 5.32 Å². The van der Waals surface area contributed by atoms with Gasteiger partial charge in [0.05, 0.1) is 6.61 Å². The molecule has 0 aliphatic rings. The minimum Gasteiger partial charge on any atom is -0.383 e. The molecule has 1 aromatic rings. The molecule has 0 fully saturated rings. The highest BCUT2D eigenvalue weighted by molar-refractivity contribution is 5.94. The van der Waals surface area contributed by atoms with Crippen LogP contribution in [0, 0.1) is 0 Å². The van der Waals surface area contributed by atoms with Crippen LogP contribution in [-0.4, -0.2) is 31.8 Å². The van der Waals surface area contributed by atoms with Gasteiger partial charge >= 0.3 is 6.18 Å². The molecule has 4 nitrogen and oxygen atoms in total. The van der Waals surface area contributed by atoms with Crippen molar-refractivity contribution >= 4 is 24.0 Å². The van der Waals surface area contributed by atoms with E-state index in [1.807, 2.05) is 0 Å². The number of benzene rings is 1. The minimum absolute atomic E-state index is 0. The fraction of sp³-hybridized carbons (Fsp3) is 0.462. The van der Waals surface area contributed by atoms with Crippen molar-refractivity contribution in [3.05, 3.63) is 29.8 Å². The van der Waals surface area contributed by atoms with E-state index in [4.69, 9.17) is 10.5 Å². The van der Waals surface area contributed by atoms with Crippen molar-refractivity contribution in [3.8, 4) is 0 Å². The summed E-state index contributed by atoms with van der Waals surface area (Å²) >= 11 is 0. The first-order valence-corrected chi connectivity index (χ1v) is 6.03. The minimum atomic E-state index is -4.19. The number of nitrogens with one attached hydrogen (secondary N) is 1. The zero-order chi connectivity index (χ0) is 15.2. The molecule has 0 aromatic heterocycles. The summed E-state index contributed by atoms with van der Waals surface area (Å²) in [7, 11) is 1.42. The number of halogens is 4. The fourth-order valence-electron chi connectivity index (χ4n) is 1.58. The molecule has 21 heavy (non-hydrogen) atoms. The number of amides is 1. The van der Waals surface area contributed by atoms with Crippen molar-refractivity contribution in [2.45, 2.75) is 25.1 Å². The predicted octanol–water partition coefficient (Wildman–Crippen LogP) is 2.52. The lowest BCUT2D eigenvalue weighted by Gasteiger charge is -2.12. The number of hydrogen-bond donors (Lipinski definition) is 2. The van der Waals surface area contributed by atoms with Crippen LogP contribution in [0.2, 0.25) is 0 Å². The van der Waals surface area contributed by atoms with Crippen LogP contribution in [0.4, 0.5) is 18.9 Å². The third-order valence-electron chi connectivity index (χ3n) is 2.57. The summed E-state index contributed by atoms with van der Waals surface area (Å²) < 4.78 is 41.2. The molecular weight excluding hydrogens is 309 g/mol. The van der Waals surface area contributed by atoms with Gasteiger partial charge in [-0.1, -0.05) is 12.1 Å². The van der Waals surface area contributed by atoms with Crippen LogP contribution in [0.5, 0.6) is 0 Å². The predicted molar refractivity (Wildman–Crippen MR) is 76.5 cm³/mol. The molecule has 0 aliphatic heterocycles. The van der Waals surface area contributed by atoms with E-state index in [1.165, 1.54) is 13.2 Å². The van der Waals surface area contributed by atoms with Gasteiger partial charge in [-0.15, -0.1) is 12.4 Å². The number of carbonyl (C=O) groups excluding carboxylic acids is 1. The number of aryl methyl sites for hydroxylation is 1. The maximum atomic E-state index is 12.1. The topological polar surface area (TPSA) is 64.3 Å². The fourth-order valence-corrected chi connectivity index (χ4v) is 1.58. The van der Waals surface area contributed by atoms with E-state index >= 15 is 0 Å². The highest BCUT2D eigenvalue weighted by Gasteiger charge is 2.26. The zero-order valence-electron chi connectivity index (χ0n) is 11.4. The normalized spacial score (nSPS) is 12.4. The Morgan fingerprint density at radius 1 is 1.43 bits per heavy atom. The van der Waals surface area contributed by atoms with Crippen LogP contribution in [0.3, 0.4) is 0 Å². The summed E-state index contributed by atoms with van der Waals surface area (Å²) in [6, 6.07) is 5.44. The Morgan fingerprint density at radius 2 is 2.10 bits per heavy atom. The molecule has 1 rings (SSSR count). The molecule has 1 unspecified atom stereocenters. The summed E-state index contributed by atoms with van der Waals surface area (Å²) in [5, 5.41) is 2.54. The highest BCUT2D eigenvalue weighted by atomic mass is 35.5. The molecule has 8 heteroatoms. The smallest absolute Gasteiger partial charge is 0.383 e. The van der Waals surface area contributed by atoms with E-state index < -0.39 is 24.5 Å². The third-order valence-corrected chi connectivity index (χ3v) is 2.57. The second-order valence-electron chi connectivity index (χ2n) is 4.37. The van der Waals surface area contributed by atoms with E-state index in [0.717, 1.165) is 0 Å². The number of anilines is 1. The highest BCUT2D eigenvalue weighted by Crippen LogP contribution is 2.23. The van der Waals surface area contributed by atoms with Crippen molar-refractivity contribution in [1.82, 2.24) is 0 Å². The lowest BCUT2D eigenvalue weighted by atomic mass is 10.1. The molecule has 0 spiro atoms. The maximum Gasteiger partial charge on any atom is 0.389 e. The third kappa shape index (κ3) is 7.89. The van der Waals surface area contributed by atoms with Gasteiger partial charge in [0.25, 0.3) is 0 Å². The number of rotatable bonds is 6. The monoisotopic (exact) mass is 326 g/mol. The van der Waals surface area contributed by atoms with Gasteiger partial charge in [-0.2, -0.15) is 13.2 Å². The Labute approximate surface area is 127 Å². The summed E-state index contributed by atoms with van der Waals surface area (Å²) in [4.78, 5) is 11.6. The van der Waals surface area contributed by atoms with Gasteiger partial charge in [0.15, 0.2) is 0 Å². The molecule has 1 aromatic carbocycles. The largest absolute Gasteiger partial charge is 0.389 e. The Hall–Kier alpha value is -1.31. The first kappa shape index (κ1) is 19.7. The van der Waals surface area contributed by atoms with Crippen molar-refractivity contribution in [2.75, 3.05) is 19.0 Å². The van der Waals surface area contributed by atoms with E-state index in [1.54, 1.807) is 18.2 Å². The van der Waals surface area contributed by atoms with Gasteiger partial charge in [0.2, 0.25) is 5.91 Å². The molecule has 0 saturated carbocycles. The number of hydrogen-bond acceptors (Lipinski definition) is 3. The van der Waals surface area contributed by atoms with E-state index in [-0.39, 0.29) is 25.4 Å². The average Bonchev–Trinajstić information content (AvgIpc) is 2.36. The molecule has 0 aliphatic carbocycles. The maximum absolute atomic E-state index is 12.1. The van der Waals surface area contributed by atoms with Crippen LogP contribution in [0.15, 0.2) is 24.3 Å². The first-order chi connectivity index (χ1) is 9.31. The van der Waals surface area contributed by atoms with Gasteiger partial charge in [0.1, 0.15) is 6.04 Å². The van der Waals surface area contributed by atoms with Gasteiger partial charge in [0, 0.05) is 19.2 Å². The molecule has 0 radical (unpaired) electrons. The van der Waals surface area contributed by atoms with E-state index in [0.29, 0.717) is 11.3 Å². The Bertz CT molecular complexity index is 455. The first-order valence-electron chi connectivity index (χ1n) is 6.03. The summed E-state index contributed by atoms with van der Waals surface area (Å²) in [5.41, 5.74) is 6.46. The van der Waals surface area contributed by atoms with Gasteiger partial charge in [-0.05, 0) is 24.1 Å². The SMILES string of the molecule is COCC(N)C(=O)Nc1cccc(CCC(F)(F)F)c1.Cl.